The Kier molecular flexibility index (Phi) is 3.52. The van der Waals surface area contributed by atoms with Gasteiger partial charge in [-0.3, -0.25) is 4.79 Å². The van der Waals surface area contributed by atoms with Crippen molar-refractivity contribution in [2.75, 3.05) is 0 Å². The van der Waals surface area contributed by atoms with E-state index in [0.717, 1.165) is 18.3 Å². The van der Waals surface area contributed by atoms with Gasteiger partial charge >= 0.3 is 6.03 Å². The highest BCUT2D eigenvalue weighted by Crippen LogP contribution is 2.21. The van der Waals surface area contributed by atoms with Crippen molar-refractivity contribution in [3.63, 3.8) is 0 Å². The zero-order valence-corrected chi connectivity index (χ0v) is 11.0. The molecule has 0 spiro atoms. The predicted octanol–water partition coefficient (Wildman–Crippen LogP) is 2.02. The zero-order valence-electron chi connectivity index (χ0n) is 11.0. The zero-order chi connectivity index (χ0) is 14.9. The van der Waals surface area contributed by atoms with E-state index in [0.29, 0.717) is 11.4 Å². The van der Waals surface area contributed by atoms with Gasteiger partial charge in [-0.25, -0.2) is 13.6 Å². The van der Waals surface area contributed by atoms with Gasteiger partial charge in [-0.15, -0.1) is 5.01 Å². The summed E-state index contributed by atoms with van der Waals surface area (Å²) in [6.07, 6.45) is 1.21. The topological polar surface area (TPSA) is 61.8 Å². The first kappa shape index (κ1) is 14.1. The monoisotopic (exact) mass is 281 g/mol. The van der Waals surface area contributed by atoms with Gasteiger partial charge in [0.25, 0.3) is 5.91 Å². The van der Waals surface area contributed by atoms with Crippen LogP contribution in [0.25, 0.3) is 0 Å². The van der Waals surface area contributed by atoms with E-state index in [2.05, 4.69) is 10.4 Å². The van der Waals surface area contributed by atoms with Crippen LogP contribution in [0.4, 0.5) is 13.6 Å². The highest BCUT2D eigenvalue weighted by Gasteiger charge is 2.46. The molecule has 0 radical (unpaired) electrons. The molecule has 1 N–H and O–H groups in total. The summed E-state index contributed by atoms with van der Waals surface area (Å²) in [5, 5.41) is 6.65. The quantitative estimate of drug-likeness (QED) is 0.680. The lowest BCUT2D eigenvalue weighted by atomic mass is 10.00. The normalized spacial score (nSPS) is 22.7. The van der Waals surface area contributed by atoms with Gasteiger partial charge in [0.1, 0.15) is 17.2 Å². The van der Waals surface area contributed by atoms with Crippen molar-refractivity contribution in [2.45, 2.75) is 25.8 Å². The number of imide groups is 1. The Morgan fingerprint density at radius 3 is 2.45 bits per heavy atom. The smallest absolute Gasteiger partial charge is 0.322 e. The number of amides is 3. The van der Waals surface area contributed by atoms with Crippen molar-refractivity contribution in [1.82, 2.24) is 10.3 Å². The number of benzene rings is 1. The van der Waals surface area contributed by atoms with E-state index in [1.807, 2.05) is 0 Å². The molecule has 0 bridgehead atoms. The molecule has 0 aromatic heterocycles. The van der Waals surface area contributed by atoms with E-state index >= 15 is 0 Å². The molecule has 0 aliphatic carbocycles. The maximum absolute atomic E-state index is 13.4. The number of hydrogen-bond donors (Lipinski definition) is 1. The minimum Gasteiger partial charge on any atom is -0.322 e. The molecule has 5 nitrogen and oxygen atoms in total. The minimum atomic E-state index is -1.04. The number of carbonyl (C=O) groups is 2. The minimum absolute atomic E-state index is 0.387. The Hall–Kier alpha value is -2.31. The van der Waals surface area contributed by atoms with E-state index in [4.69, 9.17) is 0 Å². The first-order chi connectivity index (χ1) is 9.39. The fourth-order valence-electron chi connectivity index (χ4n) is 1.76. The highest BCUT2D eigenvalue weighted by atomic mass is 19.1. The fourth-order valence-corrected chi connectivity index (χ4v) is 1.76. The van der Waals surface area contributed by atoms with E-state index in [1.54, 1.807) is 13.8 Å². The van der Waals surface area contributed by atoms with Crippen LogP contribution in [-0.4, -0.2) is 28.7 Å². The van der Waals surface area contributed by atoms with Crippen LogP contribution in [-0.2, 0) is 4.79 Å². The number of carbonyl (C=O) groups excluding carboxylic acids is 2. The number of hydrazone groups is 1. The molecular formula is C13H13F2N3O2. The summed E-state index contributed by atoms with van der Waals surface area (Å²) in [4.78, 5) is 23.6. The molecule has 2 rings (SSSR count). The van der Waals surface area contributed by atoms with Gasteiger partial charge in [-0.2, -0.15) is 5.10 Å². The van der Waals surface area contributed by atoms with Crippen molar-refractivity contribution in [2.24, 2.45) is 5.10 Å². The lowest BCUT2D eigenvalue weighted by Crippen LogP contribution is -2.42. The summed E-state index contributed by atoms with van der Waals surface area (Å²) in [6, 6.07) is 2.62. The first-order valence-corrected chi connectivity index (χ1v) is 6.03. The molecule has 1 heterocycles. The molecular weight excluding hydrogens is 268 g/mol. The average molecular weight is 281 g/mol. The Morgan fingerprint density at radius 1 is 1.35 bits per heavy atom. The molecule has 106 valence electrons. The predicted molar refractivity (Wildman–Crippen MR) is 68.0 cm³/mol. The van der Waals surface area contributed by atoms with Gasteiger partial charge < -0.3 is 5.32 Å². The van der Waals surface area contributed by atoms with Gasteiger partial charge in [0.15, 0.2) is 0 Å². The molecule has 1 aliphatic heterocycles. The molecule has 1 aromatic carbocycles. The van der Waals surface area contributed by atoms with Crippen LogP contribution in [0.15, 0.2) is 23.3 Å². The second-order valence-corrected chi connectivity index (χ2v) is 4.61. The van der Waals surface area contributed by atoms with Gasteiger partial charge in [0.2, 0.25) is 0 Å². The molecule has 1 saturated heterocycles. The van der Waals surface area contributed by atoms with Crippen LogP contribution in [0, 0.1) is 11.6 Å². The number of rotatable bonds is 3. The Bertz CT molecular complexity index is 583. The van der Waals surface area contributed by atoms with Crippen LogP contribution < -0.4 is 5.32 Å². The van der Waals surface area contributed by atoms with Crippen LogP contribution in [0.1, 0.15) is 25.8 Å². The second-order valence-electron chi connectivity index (χ2n) is 4.61. The van der Waals surface area contributed by atoms with Gasteiger partial charge in [0, 0.05) is 0 Å². The fraction of sp³-hybridized carbons (Fsp3) is 0.308. The molecule has 3 amide bonds. The summed E-state index contributed by atoms with van der Waals surface area (Å²) in [5.74, 6) is -2.20. The summed E-state index contributed by atoms with van der Waals surface area (Å²) < 4.78 is 26.8. The summed E-state index contributed by atoms with van der Waals surface area (Å²) in [6.45, 7) is 3.30. The second kappa shape index (κ2) is 4.99. The van der Waals surface area contributed by atoms with E-state index in [9.17, 15) is 18.4 Å². The average Bonchev–Trinajstić information content (AvgIpc) is 2.61. The van der Waals surface area contributed by atoms with Crippen molar-refractivity contribution >= 4 is 18.2 Å². The van der Waals surface area contributed by atoms with Crippen LogP contribution >= 0.6 is 0 Å². The molecule has 20 heavy (non-hydrogen) atoms. The van der Waals surface area contributed by atoms with E-state index < -0.39 is 34.7 Å². The number of nitrogens with zero attached hydrogens (tertiary/aromatic N) is 2. The lowest BCUT2D eigenvalue weighted by molar-refractivity contribution is -0.130. The molecule has 1 fully saturated rings. The number of halogens is 2. The molecule has 0 saturated carbocycles. The van der Waals surface area contributed by atoms with Gasteiger partial charge in [-0.1, -0.05) is 13.0 Å². The summed E-state index contributed by atoms with van der Waals surface area (Å²) >= 11 is 0. The molecule has 0 unspecified atom stereocenters. The Labute approximate surface area is 114 Å². The molecule has 1 aliphatic rings. The van der Waals surface area contributed by atoms with Crippen molar-refractivity contribution < 1.29 is 18.4 Å². The van der Waals surface area contributed by atoms with Crippen LogP contribution in [0.2, 0.25) is 0 Å². The Balaban J connectivity index is 2.29. The lowest BCUT2D eigenvalue weighted by Gasteiger charge is -2.17. The van der Waals surface area contributed by atoms with Gasteiger partial charge in [-0.05, 0) is 25.5 Å². The van der Waals surface area contributed by atoms with Crippen LogP contribution in [0.3, 0.4) is 0 Å². The standard InChI is InChI=1S/C13H13F2N3O2/c1-3-13(2)11(19)18(12(20)17-13)16-7-8-9(14)5-4-6-10(8)15/h4-7H,3H2,1-2H3,(H,17,20)/b16-7-/t13-/m0/s1. The Morgan fingerprint density at radius 2 is 1.95 bits per heavy atom. The number of nitrogens with one attached hydrogen (secondary N) is 1. The number of urea groups is 1. The van der Waals surface area contributed by atoms with Crippen molar-refractivity contribution in [1.29, 1.82) is 0 Å². The van der Waals surface area contributed by atoms with Gasteiger partial charge in [0.05, 0.1) is 11.8 Å². The summed E-state index contributed by atoms with van der Waals surface area (Å²) in [5.41, 5.74) is -1.44. The number of hydrogen-bond acceptors (Lipinski definition) is 3. The van der Waals surface area contributed by atoms with Crippen molar-refractivity contribution in [3.05, 3.63) is 35.4 Å². The maximum atomic E-state index is 13.4. The SMILES string of the molecule is CC[C@]1(C)NC(=O)N(/N=C\c2c(F)cccc2F)C1=O. The largest absolute Gasteiger partial charge is 0.346 e. The first-order valence-electron chi connectivity index (χ1n) is 6.03. The van der Waals surface area contributed by atoms with Crippen LogP contribution in [0.5, 0.6) is 0 Å². The third kappa shape index (κ3) is 2.26. The van der Waals surface area contributed by atoms with Crippen molar-refractivity contribution in [3.8, 4) is 0 Å². The third-order valence-corrected chi connectivity index (χ3v) is 3.25. The van der Waals surface area contributed by atoms with E-state index in [-0.39, 0.29) is 0 Å². The maximum Gasteiger partial charge on any atom is 0.346 e. The molecule has 1 atom stereocenters. The highest BCUT2D eigenvalue weighted by molar-refractivity contribution is 6.07. The summed E-state index contributed by atoms with van der Waals surface area (Å²) in [7, 11) is 0. The molecule has 1 aromatic rings. The van der Waals surface area contributed by atoms with E-state index in [1.165, 1.54) is 6.07 Å². The molecule has 7 heteroatoms. The third-order valence-electron chi connectivity index (χ3n) is 3.25.